The van der Waals surface area contributed by atoms with Gasteiger partial charge in [0.15, 0.2) is 0 Å². The molecule has 1 aliphatic heterocycles. The average molecular weight is 228 g/mol. The third kappa shape index (κ3) is 2.27. The fraction of sp³-hybridized carbons (Fsp3) is 0.500. The van der Waals surface area contributed by atoms with Gasteiger partial charge < -0.3 is 10.1 Å². The molecule has 1 N–H and O–H groups in total. The number of methoxy groups -OCH3 is 1. The Morgan fingerprint density at radius 1 is 1.27 bits per heavy atom. The van der Waals surface area contributed by atoms with Crippen molar-refractivity contribution < 1.29 is 4.74 Å². The molecule has 2 nitrogen and oxygen atoms in total. The van der Waals surface area contributed by atoms with Crippen LogP contribution in [0.15, 0.2) is 12.1 Å². The van der Waals surface area contributed by atoms with Gasteiger partial charge in [0.25, 0.3) is 0 Å². The van der Waals surface area contributed by atoms with E-state index >= 15 is 0 Å². The van der Waals surface area contributed by atoms with Crippen LogP contribution < -0.4 is 10.1 Å². The fourth-order valence-corrected chi connectivity index (χ4v) is 2.08. The van der Waals surface area contributed by atoms with Gasteiger partial charge in [0.2, 0.25) is 0 Å². The van der Waals surface area contributed by atoms with Crippen LogP contribution in [0.2, 0.25) is 0 Å². The van der Waals surface area contributed by atoms with Crippen LogP contribution in [0.25, 0.3) is 0 Å². The standard InChI is InChI=1S/C12H17NO.ClH/c1-8-6-10(11-4-5-13-11)7-9(2)12(8)14-3;/h6-7,11,13H,4-5H2,1-3H3;1H/t11-;/m0./s1. The number of halogens is 1. The Kier molecular flexibility index (Phi) is 4.00. The summed E-state index contributed by atoms with van der Waals surface area (Å²) >= 11 is 0. The molecule has 1 saturated heterocycles. The molecule has 3 heteroatoms. The Morgan fingerprint density at radius 3 is 2.13 bits per heavy atom. The molecule has 0 radical (unpaired) electrons. The van der Waals surface area contributed by atoms with Gasteiger partial charge in [-0.3, -0.25) is 0 Å². The summed E-state index contributed by atoms with van der Waals surface area (Å²) in [5, 5.41) is 3.41. The number of rotatable bonds is 2. The van der Waals surface area contributed by atoms with Crippen molar-refractivity contribution in [3.63, 3.8) is 0 Å². The van der Waals surface area contributed by atoms with Crippen molar-refractivity contribution in [2.45, 2.75) is 26.3 Å². The third-order valence-corrected chi connectivity index (χ3v) is 2.91. The molecule has 84 valence electrons. The van der Waals surface area contributed by atoms with Gasteiger partial charge in [0.1, 0.15) is 5.75 Å². The maximum atomic E-state index is 5.34. The molecule has 1 aliphatic rings. The van der Waals surface area contributed by atoms with Crippen molar-refractivity contribution in [3.05, 3.63) is 28.8 Å². The van der Waals surface area contributed by atoms with E-state index in [1.54, 1.807) is 7.11 Å². The molecule has 0 amide bonds. The van der Waals surface area contributed by atoms with Gasteiger partial charge >= 0.3 is 0 Å². The predicted octanol–water partition coefficient (Wildman–Crippen LogP) is 2.77. The Morgan fingerprint density at radius 2 is 1.80 bits per heavy atom. The zero-order valence-electron chi connectivity index (χ0n) is 9.46. The Hall–Kier alpha value is -0.730. The summed E-state index contributed by atoms with van der Waals surface area (Å²) in [6.07, 6.45) is 1.26. The van der Waals surface area contributed by atoms with E-state index in [1.165, 1.54) is 23.1 Å². The highest BCUT2D eigenvalue weighted by atomic mass is 35.5. The first kappa shape index (κ1) is 12.3. The second-order valence-corrected chi connectivity index (χ2v) is 3.98. The van der Waals surface area contributed by atoms with Gasteiger partial charge in [-0.2, -0.15) is 0 Å². The van der Waals surface area contributed by atoms with Gasteiger partial charge in [-0.25, -0.2) is 0 Å². The van der Waals surface area contributed by atoms with Crippen molar-refractivity contribution in [2.24, 2.45) is 0 Å². The maximum absolute atomic E-state index is 5.34. The van der Waals surface area contributed by atoms with Gasteiger partial charge in [-0.15, -0.1) is 12.4 Å². The predicted molar refractivity (Wildman–Crippen MR) is 65.1 cm³/mol. The first-order chi connectivity index (χ1) is 6.72. The summed E-state index contributed by atoms with van der Waals surface area (Å²) in [7, 11) is 1.73. The number of benzene rings is 1. The molecule has 0 aliphatic carbocycles. The van der Waals surface area contributed by atoms with E-state index in [0.717, 1.165) is 12.3 Å². The van der Waals surface area contributed by atoms with E-state index in [-0.39, 0.29) is 12.4 Å². The first-order valence-corrected chi connectivity index (χ1v) is 5.11. The Balaban J connectivity index is 0.00000112. The minimum Gasteiger partial charge on any atom is -0.496 e. The number of nitrogens with one attached hydrogen (secondary N) is 1. The highest BCUT2D eigenvalue weighted by molar-refractivity contribution is 5.85. The summed E-state index contributed by atoms with van der Waals surface area (Å²) in [6.45, 7) is 5.36. The van der Waals surface area contributed by atoms with Crippen LogP contribution in [0.3, 0.4) is 0 Å². The summed E-state index contributed by atoms with van der Waals surface area (Å²) in [6, 6.07) is 5.02. The fourth-order valence-electron chi connectivity index (χ4n) is 2.08. The lowest BCUT2D eigenvalue weighted by molar-refractivity contribution is 0.380. The van der Waals surface area contributed by atoms with Gasteiger partial charge in [-0.1, -0.05) is 12.1 Å². The summed E-state index contributed by atoms with van der Waals surface area (Å²) < 4.78 is 5.34. The monoisotopic (exact) mass is 227 g/mol. The van der Waals surface area contributed by atoms with E-state index in [1.807, 2.05) is 0 Å². The molecule has 1 aromatic rings. The largest absolute Gasteiger partial charge is 0.496 e. The molecule has 1 aromatic carbocycles. The van der Waals surface area contributed by atoms with E-state index in [4.69, 9.17) is 4.74 Å². The van der Waals surface area contributed by atoms with Gasteiger partial charge in [-0.05, 0) is 43.5 Å². The molecule has 0 unspecified atom stereocenters. The Labute approximate surface area is 97.4 Å². The van der Waals surface area contributed by atoms with Crippen molar-refractivity contribution >= 4 is 12.4 Å². The lowest BCUT2D eigenvalue weighted by atomic mass is 9.94. The smallest absolute Gasteiger partial charge is 0.124 e. The molecule has 1 atom stereocenters. The van der Waals surface area contributed by atoms with Crippen molar-refractivity contribution in [3.8, 4) is 5.75 Å². The summed E-state index contributed by atoms with van der Waals surface area (Å²) in [4.78, 5) is 0. The van der Waals surface area contributed by atoms with Gasteiger partial charge in [0.05, 0.1) is 7.11 Å². The van der Waals surface area contributed by atoms with Crippen LogP contribution in [0.4, 0.5) is 0 Å². The highest BCUT2D eigenvalue weighted by Gasteiger charge is 2.19. The van der Waals surface area contributed by atoms with E-state index in [0.29, 0.717) is 6.04 Å². The lowest BCUT2D eigenvalue weighted by Crippen LogP contribution is -2.35. The molecule has 0 spiro atoms. The van der Waals surface area contributed by atoms with E-state index < -0.39 is 0 Å². The van der Waals surface area contributed by atoms with Crippen molar-refractivity contribution in [1.82, 2.24) is 5.32 Å². The average Bonchev–Trinajstić information content (AvgIpc) is 2.00. The number of hydrogen-bond donors (Lipinski definition) is 1. The van der Waals surface area contributed by atoms with Crippen LogP contribution >= 0.6 is 12.4 Å². The van der Waals surface area contributed by atoms with Crippen LogP contribution in [0, 0.1) is 13.8 Å². The highest BCUT2D eigenvalue weighted by Crippen LogP contribution is 2.30. The third-order valence-electron chi connectivity index (χ3n) is 2.91. The van der Waals surface area contributed by atoms with Crippen LogP contribution in [-0.4, -0.2) is 13.7 Å². The van der Waals surface area contributed by atoms with Crippen LogP contribution in [0.1, 0.15) is 29.2 Å². The maximum Gasteiger partial charge on any atom is 0.124 e. The zero-order chi connectivity index (χ0) is 10.1. The SMILES string of the molecule is COc1c(C)cc([C@@H]2CCN2)cc1C.Cl. The van der Waals surface area contributed by atoms with E-state index in [9.17, 15) is 0 Å². The molecule has 1 heterocycles. The molecule has 0 bridgehead atoms. The topological polar surface area (TPSA) is 21.3 Å². The normalized spacial score (nSPS) is 19.0. The molecular formula is C12H18ClNO. The molecule has 15 heavy (non-hydrogen) atoms. The number of aryl methyl sites for hydroxylation is 2. The molecule has 0 aromatic heterocycles. The Bertz CT molecular complexity index is 324. The molecule has 0 saturated carbocycles. The first-order valence-electron chi connectivity index (χ1n) is 5.11. The lowest BCUT2D eigenvalue weighted by Gasteiger charge is -2.29. The van der Waals surface area contributed by atoms with Crippen LogP contribution in [-0.2, 0) is 0 Å². The van der Waals surface area contributed by atoms with E-state index in [2.05, 4.69) is 31.3 Å². The second-order valence-electron chi connectivity index (χ2n) is 3.98. The van der Waals surface area contributed by atoms with Crippen molar-refractivity contribution in [2.75, 3.05) is 13.7 Å². The number of ether oxygens (including phenoxy) is 1. The minimum absolute atomic E-state index is 0. The van der Waals surface area contributed by atoms with Gasteiger partial charge in [0, 0.05) is 6.04 Å². The molecule has 2 rings (SSSR count). The summed E-state index contributed by atoms with van der Waals surface area (Å²) in [5.41, 5.74) is 3.86. The number of hydrogen-bond acceptors (Lipinski definition) is 2. The zero-order valence-corrected chi connectivity index (χ0v) is 10.3. The minimum atomic E-state index is 0. The molecular weight excluding hydrogens is 210 g/mol. The molecule has 1 fully saturated rings. The second kappa shape index (κ2) is 4.86. The van der Waals surface area contributed by atoms with Crippen LogP contribution in [0.5, 0.6) is 5.75 Å². The van der Waals surface area contributed by atoms with Crippen molar-refractivity contribution in [1.29, 1.82) is 0 Å². The summed E-state index contributed by atoms with van der Waals surface area (Å²) in [5.74, 6) is 1.02. The quantitative estimate of drug-likeness (QED) is 0.839.